The lowest BCUT2D eigenvalue weighted by molar-refractivity contribution is 0.554. The fourth-order valence-electron chi connectivity index (χ4n) is 21.8. The molecular weight excluding hydrogens is 1720 g/mol. The Balaban J connectivity index is 0.000000109. The average Bonchev–Trinajstić information content (AvgIpc) is 1.56. The van der Waals surface area contributed by atoms with Gasteiger partial charge in [-0.3, -0.25) is 4.98 Å². The van der Waals surface area contributed by atoms with Crippen molar-refractivity contribution in [1.29, 1.82) is 0 Å². The van der Waals surface area contributed by atoms with Crippen LogP contribution in [0.15, 0.2) is 420 Å². The normalized spacial score (nSPS) is 14.6. The number of hydrogen-bond donors (Lipinski definition) is 0. The summed E-state index contributed by atoms with van der Waals surface area (Å²) in [4.78, 5) is 59.9. The second-order valence-electron chi connectivity index (χ2n) is 37.0. The highest BCUT2D eigenvalue weighted by Gasteiger charge is 2.46. The van der Waals surface area contributed by atoms with Gasteiger partial charge in [0.25, 0.3) is 0 Å². The fraction of sp³-hybridized carbons (Fsp3) is 0.0720. The summed E-state index contributed by atoms with van der Waals surface area (Å²) >= 11 is 0. The van der Waals surface area contributed by atoms with Gasteiger partial charge in [0, 0.05) is 122 Å². The van der Waals surface area contributed by atoms with Crippen LogP contribution in [0.4, 0.5) is 0 Å². The van der Waals surface area contributed by atoms with Crippen LogP contribution in [0.2, 0.25) is 0 Å². The van der Waals surface area contributed by atoms with Crippen molar-refractivity contribution in [3.8, 4) is 147 Å². The summed E-state index contributed by atoms with van der Waals surface area (Å²) in [5.41, 5.74) is 29.6. The summed E-state index contributed by atoms with van der Waals surface area (Å²) in [5, 5.41) is 10.9. The maximum atomic E-state index is 6.86. The molecule has 3 aliphatic carbocycles. The van der Waals surface area contributed by atoms with Crippen LogP contribution in [-0.4, -0.2) is 59.8 Å². The predicted octanol–water partition coefficient (Wildman–Crippen LogP) is 30.8. The van der Waals surface area contributed by atoms with Gasteiger partial charge in [0.05, 0.1) is 0 Å². The van der Waals surface area contributed by atoms with Gasteiger partial charge in [0.2, 0.25) is 11.4 Å². The molecule has 0 saturated carbocycles. The lowest BCUT2D eigenvalue weighted by Gasteiger charge is -2.28. The number of nitrogens with zero attached hydrogens (tertiary/aromatic N) is 12. The van der Waals surface area contributed by atoms with Crippen molar-refractivity contribution in [3.05, 3.63) is 446 Å². The summed E-state index contributed by atoms with van der Waals surface area (Å²) in [7, 11) is 0. The molecule has 0 radical (unpaired) electrons. The van der Waals surface area contributed by atoms with Gasteiger partial charge in [-0.1, -0.05) is 367 Å². The molecule has 25 aromatic rings. The number of fused-ring (bicyclic) bond motifs is 24. The number of rotatable bonds is 12. The average molecular weight is 1800 g/mol. The summed E-state index contributed by atoms with van der Waals surface area (Å²) in [6.07, 6.45) is 4.76. The number of aromatic nitrogens is 12. The van der Waals surface area contributed by atoms with Crippen molar-refractivity contribution in [3.63, 3.8) is 0 Å². The van der Waals surface area contributed by atoms with Crippen molar-refractivity contribution in [2.24, 2.45) is 0 Å². The highest BCUT2D eigenvalue weighted by molar-refractivity contribution is 6.15. The molecule has 0 spiro atoms. The smallest absolute Gasteiger partial charge is 0.227 e. The summed E-state index contributed by atoms with van der Waals surface area (Å²) < 4.78 is 20.0. The molecule has 15 nitrogen and oxygen atoms in total. The zero-order chi connectivity index (χ0) is 93.5. The van der Waals surface area contributed by atoms with Crippen molar-refractivity contribution in [2.75, 3.05) is 0 Å². The Hall–Kier alpha value is -18.1. The first kappa shape index (κ1) is 82.6. The van der Waals surface area contributed by atoms with Gasteiger partial charge in [0.15, 0.2) is 52.4 Å². The van der Waals surface area contributed by atoms with Gasteiger partial charge < -0.3 is 13.3 Å². The third-order valence-electron chi connectivity index (χ3n) is 28.7. The highest BCUT2D eigenvalue weighted by Crippen LogP contribution is 2.59. The Morgan fingerprint density at radius 3 is 1.15 bits per heavy atom. The summed E-state index contributed by atoms with van der Waals surface area (Å²) in [6.45, 7) is 11.4. The Morgan fingerprint density at radius 2 is 0.600 bits per heavy atom. The van der Waals surface area contributed by atoms with Crippen molar-refractivity contribution in [1.82, 2.24) is 59.8 Å². The number of para-hydroxylation sites is 1. The number of furan rings is 3. The Bertz CT molecular complexity index is 9240. The highest BCUT2D eigenvalue weighted by atomic mass is 16.3. The SMILES string of the molecule is CC1(C)c2ccccc2-c2ccc3c(oc4nc(-c5nc(-c6ccccc6)nc(-c6ccc(-c7ccccc7)cc6)n5)ccc43)c21.CC1(c2ccccc2)c2ccccc2-c2ccc3c(oc4nc(-c5nc(-c6ccccc6)nc(-c6cc7ccccc7c7ccccc67)n5)ccc43)c21.CCC1(C)c2c(-c3nc(-c4ccccc4)nc(-c4ccccc4)n3)cncc2-c2ccc3c(oc4ccccc43)c21. The van der Waals surface area contributed by atoms with Gasteiger partial charge in [-0.05, 0) is 151 Å². The maximum Gasteiger partial charge on any atom is 0.227 e. The number of benzene rings is 16. The van der Waals surface area contributed by atoms with Crippen LogP contribution in [0.1, 0.15) is 80.0 Å². The largest absolute Gasteiger partial charge is 0.456 e. The zero-order valence-corrected chi connectivity index (χ0v) is 77.0. The molecule has 0 saturated heterocycles. The van der Waals surface area contributed by atoms with Crippen LogP contribution in [0.3, 0.4) is 0 Å². The van der Waals surface area contributed by atoms with E-state index in [0.29, 0.717) is 75.2 Å². The zero-order valence-electron chi connectivity index (χ0n) is 77.0. The van der Waals surface area contributed by atoms with Crippen LogP contribution in [0, 0.1) is 0 Å². The number of hydrogen-bond acceptors (Lipinski definition) is 15. The lowest BCUT2D eigenvalue weighted by Crippen LogP contribution is -2.22. The number of pyridine rings is 3. The molecule has 0 aliphatic heterocycles. The third-order valence-corrected chi connectivity index (χ3v) is 28.7. The first-order chi connectivity index (χ1) is 68.8. The monoisotopic (exact) mass is 1800 g/mol. The van der Waals surface area contributed by atoms with E-state index < -0.39 is 5.41 Å². The molecule has 28 rings (SSSR count). The predicted molar refractivity (Wildman–Crippen MR) is 561 cm³/mol. The molecule has 0 amide bonds. The van der Waals surface area contributed by atoms with E-state index in [1.807, 2.05) is 176 Å². The van der Waals surface area contributed by atoms with Crippen LogP contribution in [-0.2, 0) is 16.2 Å². The standard InChI is InChI=1S/C48H30N4O.C41H28N4O.C36H26N4O/c1-48(31-17-6-3-7-18-31)40-23-13-12-22-35(40)36-24-25-37-38-26-27-41(49-47(38)53-43(37)42(36)48)46-51-44(29-14-4-2-5-15-29)50-45(52-46)39-28-30-16-8-9-19-32(30)33-20-10-11-21-34(33)39;1-41(2)33-16-10-9-15-29(33)30-21-22-31-32-23-24-34(42-40(32)46-36(31)35(30)41)39-44-37(27-13-7-4-8-14-27)43-38(45-39)28-19-17-26(18-20-28)25-11-5-3-6-12-25;1-3-36(2)30-27(25-18-19-26-24-16-10-11-17-29(24)41-32(26)31(25)36)20-37-21-28(30)35-39-33(22-12-6-4-7-13-22)38-34(40-35)23-14-8-5-9-15-23/h2-28H,1H3;3-24H,1-2H3;4-21H,3H2,1-2H3. The van der Waals surface area contributed by atoms with E-state index in [2.05, 4.69) is 265 Å². The minimum atomic E-state index is -0.403. The molecule has 2 unspecified atom stereocenters. The van der Waals surface area contributed by atoms with Gasteiger partial charge in [-0.2, -0.15) is 0 Å². The summed E-state index contributed by atoms with van der Waals surface area (Å²) in [5.74, 6) is 5.25. The molecular formula is C125H84N12O3. The molecule has 9 aromatic heterocycles. The Kier molecular flexibility index (Phi) is 19.4. The molecule has 2 atom stereocenters. The van der Waals surface area contributed by atoms with Crippen LogP contribution in [0.5, 0.6) is 0 Å². The minimum Gasteiger partial charge on any atom is -0.456 e. The van der Waals surface area contributed by atoms with Gasteiger partial charge in [0.1, 0.15) is 33.7 Å². The van der Waals surface area contributed by atoms with E-state index in [9.17, 15) is 0 Å². The van der Waals surface area contributed by atoms with Crippen LogP contribution in [0.25, 0.3) is 235 Å². The topological polar surface area (TPSA) is 194 Å². The van der Waals surface area contributed by atoms with Gasteiger partial charge in [-0.25, -0.2) is 54.8 Å². The Morgan fingerprint density at radius 1 is 0.229 bits per heavy atom. The van der Waals surface area contributed by atoms with Crippen molar-refractivity contribution in [2.45, 2.75) is 57.3 Å². The van der Waals surface area contributed by atoms with Crippen molar-refractivity contribution >= 4 is 87.6 Å². The van der Waals surface area contributed by atoms with E-state index in [4.69, 9.17) is 73.1 Å². The third kappa shape index (κ3) is 13.5. The lowest BCUT2D eigenvalue weighted by atomic mass is 9.74. The molecule has 3 aliphatic rings. The first-order valence-corrected chi connectivity index (χ1v) is 47.4. The molecule has 0 fully saturated rings. The van der Waals surface area contributed by atoms with E-state index >= 15 is 0 Å². The van der Waals surface area contributed by atoms with Crippen LogP contribution < -0.4 is 0 Å². The molecule has 0 N–H and O–H groups in total. The van der Waals surface area contributed by atoms with Crippen molar-refractivity contribution < 1.29 is 13.3 Å². The maximum absolute atomic E-state index is 6.86. The van der Waals surface area contributed by atoms with Crippen LogP contribution >= 0.6 is 0 Å². The van der Waals surface area contributed by atoms with E-state index in [-0.39, 0.29) is 10.8 Å². The van der Waals surface area contributed by atoms with E-state index in [1.54, 1.807) is 0 Å². The first-order valence-electron chi connectivity index (χ1n) is 47.4. The summed E-state index contributed by atoms with van der Waals surface area (Å²) in [6, 6.07) is 136. The van der Waals surface area contributed by atoms with Gasteiger partial charge >= 0.3 is 0 Å². The van der Waals surface area contributed by atoms with E-state index in [1.165, 1.54) is 66.6 Å². The quantitative estimate of drug-likeness (QED) is 0.105. The molecule has 9 heterocycles. The molecule has 15 heteroatoms. The second-order valence-corrected chi connectivity index (χ2v) is 37.0. The molecule has 140 heavy (non-hydrogen) atoms. The Labute approximate surface area is 805 Å². The molecule has 16 aromatic carbocycles. The fourth-order valence-corrected chi connectivity index (χ4v) is 21.8. The molecule has 0 bridgehead atoms. The van der Waals surface area contributed by atoms with Gasteiger partial charge in [-0.15, -0.1) is 0 Å². The minimum absolute atomic E-state index is 0.189. The van der Waals surface area contributed by atoms with E-state index in [0.717, 1.165) is 138 Å². The molecule has 662 valence electrons. The second kappa shape index (κ2) is 32.9.